The molecule has 0 saturated heterocycles. The van der Waals surface area contributed by atoms with Crippen LogP contribution in [-0.2, 0) is 4.74 Å². The Hall–Kier alpha value is -0.800. The molecule has 19 heavy (non-hydrogen) atoms. The van der Waals surface area contributed by atoms with Gasteiger partial charge in [-0.05, 0) is 39.0 Å². The topological polar surface area (TPSA) is 45.0 Å². The SMILES string of the molecule is CC(C#N)(CCCOCCCC(F)(F)F)NC1CC1. The van der Waals surface area contributed by atoms with Gasteiger partial charge in [-0.25, -0.2) is 0 Å². The van der Waals surface area contributed by atoms with E-state index in [1.165, 1.54) is 0 Å². The Bertz CT molecular complexity index is 310. The third-order valence-electron chi connectivity index (χ3n) is 3.06. The minimum atomic E-state index is -4.10. The largest absolute Gasteiger partial charge is 0.389 e. The van der Waals surface area contributed by atoms with Crippen molar-refractivity contribution in [2.45, 2.75) is 63.2 Å². The molecule has 110 valence electrons. The van der Waals surface area contributed by atoms with Crippen molar-refractivity contribution >= 4 is 0 Å². The van der Waals surface area contributed by atoms with Crippen LogP contribution in [0.2, 0.25) is 0 Å². The van der Waals surface area contributed by atoms with E-state index in [1.54, 1.807) is 0 Å². The fourth-order valence-electron chi connectivity index (χ4n) is 1.84. The van der Waals surface area contributed by atoms with Crippen molar-refractivity contribution < 1.29 is 17.9 Å². The fourth-order valence-corrected chi connectivity index (χ4v) is 1.84. The van der Waals surface area contributed by atoms with Crippen LogP contribution in [0.4, 0.5) is 13.2 Å². The number of hydrogen-bond donors (Lipinski definition) is 1. The highest BCUT2D eigenvalue weighted by molar-refractivity contribution is 5.06. The Morgan fingerprint density at radius 2 is 1.79 bits per heavy atom. The van der Waals surface area contributed by atoms with Crippen LogP contribution in [0.5, 0.6) is 0 Å². The summed E-state index contributed by atoms with van der Waals surface area (Å²) in [6, 6.07) is 2.71. The van der Waals surface area contributed by atoms with E-state index in [1.807, 2.05) is 6.92 Å². The Kier molecular flexibility index (Phi) is 6.08. The first-order valence-corrected chi connectivity index (χ1v) is 6.68. The highest BCUT2D eigenvalue weighted by Crippen LogP contribution is 2.24. The molecule has 0 heterocycles. The molecule has 6 heteroatoms. The highest BCUT2D eigenvalue weighted by atomic mass is 19.4. The third kappa shape index (κ3) is 8.06. The molecular formula is C13H21F3N2O. The van der Waals surface area contributed by atoms with Crippen molar-refractivity contribution in [1.82, 2.24) is 5.32 Å². The second kappa shape index (κ2) is 7.11. The zero-order chi connectivity index (χ0) is 14.4. The minimum Gasteiger partial charge on any atom is -0.381 e. The van der Waals surface area contributed by atoms with Crippen LogP contribution >= 0.6 is 0 Å². The maximum Gasteiger partial charge on any atom is 0.389 e. The van der Waals surface area contributed by atoms with E-state index in [9.17, 15) is 13.2 Å². The second-order valence-corrected chi connectivity index (χ2v) is 5.30. The average molecular weight is 278 g/mol. The number of nitrogens with one attached hydrogen (secondary N) is 1. The van der Waals surface area contributed by atoms with Gasteiger partial charge in [-0.1, -0.05) is 0 Å². The molecule has 0 aromatic carbocycles. The zero-order valence-corrected chi connectivity index (χ0v) is 11.2. The van der Waals surface area contributed by atoms with Crippen LogP contribution in [0, 0.1) is 11.3 Å². The average Bonchev–Trinajstić information content (AvgIpc) is 3.10. The summed E-state index contributed by atoms with van der Waals surface area (Å²) in [4.78, 5) is 0. The van der Waals surface area contributed by atoms with E-state index in [2.05, 4.69) is 11.4 Å². The lowest BCUT2D eigenvalue weighted by atomic mass is 9.98. The smallest absolute Gasteiger partial charge is 0.381 e. The molecule has 0 spiro atoms. The summed E-state index contributed by atoms with van der Waals surface area (Å²) in [6.45, 7) is 2.38. The second-order valence-electron chi connectivity index (χ2n) is 5.30. The summed E-state index contributed by atoms with van der Waals surface area (Å²) in [6.07, 6.45) is -1.34. The van der Waals surface area contributed by atoms with Crippen molar-refractivity contribution in [3.63, 3.8) is 0 Å². The molecule has 1 fully saturated rings. The molecule has 0 aromatic heterocycles. The number of hydrogen-bond acceptors (Lipinski definition) is 3. The van der Waals surface area contributed by atoms with Gasteiger partial charge in [0.05, 0.1) is 6.07 Å². The van der Waals surface area contributed by atoms with Crippen molar-refractivity contribution in [2.24, 2.45) is 0 Å². The van der Waals surface area contributed by atoms with Crippen LogP contribution in [-0.4, -0.2) is 31.0 Å². The molecule has 3 nitrogen and oxygen atoms in total. The van der Waals surface area contributed by atoms with Crippen molar-refractivity contribution in [1.29, 1.82) is 5.26 Å². The first kappa shape index (κ1) is 16.3. The van der Waals surface area contributed by atoms with Gasteiger partial charge in [0.25, 0.3) is 0 Å². The standard InChI is InChI=1S/C13H21F3N2O/c1-12(10-17,18-11-4-5-11)6-2-8-19-9-3-7-13(14,15)16/h11,18H,2-9H2,1H3. The lowest BCUT2D eigenvalue weighted by Crippen LogP contribution is -2.42. The monoisotopic (exact) mass is 278 g/mol. The van der Waals surface area contributed by atoms with Crippen LogP contribution in [0.25, 0.3) is 0 Å². The molecule has 0 bridgehead atoms. The number of nitriles is 1. The Morgan fingerprint density at radius 3 is 2.26 bits per heavy atom. The van der Waals surface area contributed by atoms with Gasteiger partial charge in [-0.2, -0.15) is 18.4 Å². The molecule has 1 atom stereocenters. The molecule has 0 aliphatic heterocycles. The van der Waals surface area contributed by atoms with Gasteiger partial charge in [0, 0.05) is 25.7 Å². The Labute approximate surface area is 112 Å². The summed E-state index contributed by atoms with van der Waals surface area (Å²) in [7, 11) is 0. The number of nitrogens with zero attached hydrogens (tertiary/aromatic N) is 1. The van der Waals surface area contributed by atoms with E-state index in [0.29, 0.717) is 25.5 Å². The molecule has 1 rings (SSSR count). The van der Waals surface area contributed by atoms with Gasteiger partial charge in [-0.15, -0.1) is 0 Å². The van der Waals surface area contributed by atoms with E-state index in [4.69, 9.17) is 10.00 Å². The minimum absolute atomic E-state index is 0.000653. The molecule has 0 amide bonds. The molecule has 1 saturated carbocycles. The molecule has 1 unspecified atom stereocenters. The van der Waals surface area contributed by atoms with Gasteiger partial charge in [0.15, 0.2) is 0 Å². The van der Waals surface area contributed by atoms with Gasteiger partial charge >= 0.3 is 6.18 Å². The first-order valence-electron chi connectivity index (χ1n) is 6.68. The third-order valence-corrected chi connectivity index (χ3v) is 3.06. The lowest BCUT2D eigenvalue weighted by molar-refractivity contribution is -0.137. The lowest BCUT2D eigenvalue weighted by Gasteiger charge is -2.23. The summed E-state index contributed by atoms with van der Waals surface area (Å²) in [5.41, 5.74) is -0.545. The summed E-state index contributed by atoms with van der Waals surface area (Å²) >= 11 is 0. The van der Waals surface area contributed by atoms with E-state index in [-0.39, 0.29) is 13.0 Å². The summed E-state index contributed by atoms with van der Waals surface area (Å²) in [5, 5.41) is 12.4. The predicted molar refractivity (Wildman–Crippen MR) is 65.5 cm³/mol. The maximum atomic E-state index is 11.9. The molecule has 1 N–H and O–H groups in total. The molecule has 0 aromatic rings. The van der Waals surface area contributed by atoms with Crippen molar-refractivity contribution in [3.8, 4) is 6.07 Å². The number of ether oxygens (including phenoxy) is 1. The first-order chi connectivity index (χ1) is 8.85. The van der Waals surface area contributed by atoms with Crippen molar-refractivity contribution in [2.75, 3.05) is 13.2 Å². The normalized spacial score (nSPS) is 18.9. The molecular weight excluding hydrogens is 257 g/mol. The van der Waals surface area contributed by atoms with Crippen LogP contribution in [0.15, 0.2) is 0 Å². The van der Waals surface area contributed by atoms with Crippen LogP contribution < -0.4 is 5.32 Å². The highest BCUT2D eigenvalue weighted by Gasteiger charge is 2.32. The van der Waals surface area contributed by atoms with Crippen LogP contribution in [0.3, 0.4) is 0 Å². The van der Waals surface area contributed by atoms with Gasteiger partial charge in [0.1, 0.15) is 5.54 Å². The Morgan fingerprint density at radius 1 is 1.21 bits per heavy atom. The summed E-state index contributed by atoms with van der Waals surface area (Å²) in [5.74, 6) is 0. The van der Waals surface area contributed by atoms with Crippen molar-refractivity contribution in [3.05, 3.63) is 0 Å². The number of alkyl halides is 3. The Balaban J connectivity index is 2.01. The van der Waals surface area contributed by atoms with E-state index in [0.717, 1.165) is 12.8 Å². The van der Waals surface area contributed by atoms with E-state index >= 15 is 0 Å². The van der Waals surface area contributed by atoms with Crippen LogP contribution in [0.1, 0.15) is 45.4 Å². The zero-order valence-electron chi connectivity index (χ0n) is 11.2. The fraction of sp³-hybridized carbons (Fsp3) is 0.923. The quantitative estimate of drug-likeness (QED) is 0.659. The number of rotatable bonds is 9. The van der Waals surface area contributed by atoms with Gasteiger partial charge in [-0.3, -0.25) is 5.32 Å². The molecule has 1 aliphatic rings. The van der Waals surface area contributed by atoms with E-state index < -0.39 is 18.1 Å². The van der Waals surface area contributed by atoms with Gasteiger partial charge < -0.3 is 4.74 Å². The number of halogens is 3. The predicted octanol–water partition coefficient (Wildman–Crippen LogP) is 3.16. The molecule has 1 aliphatic carbocycles. The maximum absolute atomic E-state index is 11.9. The van der Waals surface area contributed by atoms with Gasteiger partial charge in [0.2, 0.25) is 0 Å². The molecule has 0 radical (unpaired) electrons. The summed E-state index contributed by atoms with van der Waals surface area (Å²) < 4.78 is 40.7.